The lowest BCUT2D eigenvalue weighted by molar-refractivity contribution is -0.187. The number of hydrogen-bond donors (Lipinski definition) is 6. The Morgan fingerprint density at radius 1 is 0.524 bits per heavy atom. The molecule has 6 rings (SSSR count). The molecule has 0 spiro atoms. The number of thioether (sulfide) groups is 2. The summed E-state index contributed by atoms with van der Waals surface area (Å²) in [4.78, 5) is 134. The van der Waals surface area contributed by atoms with Crippen LogP contribution < -0.4 is 10.6 Å². The number of carboxylic acids is 2. The first-order valence-electron chi connectivity index (χ1n) is 28.3. The highest BCUT2D eigenvalue weighted by Crippen LogP contribution is 2.32. The van der Waals surface area contributed by atoms with E-state index in [-0.39, 0.29) is 34.1 Å². The molecule has 4 aliphatic rings. The Morgan fingerprint density at radius 3 is 1.11 bits per heavy atom. The van der Waals surface area contributed by atoms with E-state index in [0.717, 1.165) is 63.3 Å². The van der Waals surface area contributed by atoms with Crippen molar-refractivity contribution < 1.29 is 68.4 Å². The number of piperazine rings is 2. The Hall–Kier alpha value is -5.92. The van der Waals surface area contributed by atoms with E-state index in [1.807, 2.05) is 23.9 Å². The van der Waals surface area contributed by atoms with Crippen molar-refractivity contribution in [2.45, 2.75) is 115 Å². The van der Waals surface area contributed by atoms with E-state index in [0.29, 0.717) is 75.7 Å². The van der Waals surface area contributed by atoms with E-state index in [4.69, 9.17) is 0 Å². The van der Waals surface area contributed by atoms with Gasteiger partial charge in [-0.1, -0.05) is 136 Å². The minimum absolute atomic E-state index is 0.0182. The smallest absolute Gasteiger partial charge is 0.348 e. The van der Waals surface area contributed by atoms with E-state index in [9.17, 15) is 68.4 Å². The van der Waals surface area contributed by atoms with E-state index in [2.05, 4.69) is 20.4 Å². The maximum Gasteiger partial charge on any atom is 0.348 e. The van der Waals surface area contributed by atoms with Gasteiger partial charge in [0.2, 0.25) is 23.4 Å². The molecule has 82 heavy (non-hydrogen) atoms. The monoisotopic (exact) mass is 1180 g/mol. The van der Waals surface area contributed by atoms with Gasteiger partial charge in [0.15, 0.2) is 10.2 Å². The number of benzene rings is 2. The van der Waals surface area contributed by atoms with Crippen LogP contribution in [0.25, 0.3) is 0 Å². The van der Waals surface area contributed by atoms with Gasteiger partial charge < -0.3 is 60.5 Å². The number of rotatable bonds is 23. The zero-order chi connectivity index (χ0) is 60.6. The highest BCUT2D eigenvalue weighted by atomic mass is 32.2. The van der Waals surface area contributed by atoms with Gasteiger partial charge in [0.05, 0.1) is 0 Å². The van der Waals surface area contributed by atoms with Gasteiger partial charge in [0.1, 0.15) is 12.1 Å². The van der Waals surface area contributed by atoms with Crippen LogP contribution in [0.1, 0.15) is 113 Å². The molecule has 0 radical (unpaired) electrons. The van der Waals surface area contributed by atoms with Crippen LogP contribution in [0.2, 0.25) is 0 Å². The van der Waals surface area contributed by atoms with Crippen molar-refractivity contribution in [3.05, 3.63) is 71.8 Å². The number of nitrogens with one attached hydrogen (secondary N) is 2. The number of aliphatic carboxylic acids is 2. The number of urea groups is 2. The van der Waals surface area contributed by atoms with Crippen molar-refractivity contribution in [2.24, 2.45) is 11.8 Å². The van der Waals surface area contributed by atoms with Crippen molar-refractivity contribution >= 4 is 81.1 Å². The molecule has 2 heterocycles. The molecule has 2 aromatic carbocycles. The Bertz CT molecular complexity index is 2280. The Balaban J connectivity index is 0.000000265. The Morgan fingerprint density at radius 2 is 0.829 bits per heavy atom. The zero-order valence-corrected chi connectivity index (χ0v) is 50.1. The second-order valence-electron chi connectivity index (χ2n) is 21.6. The van der Waals surface area contributed by atoms with Gasteiger partial charge in [-0.15, -0.1) is 0 Å². The van der Waals surface area contributed by atoms with Crippen molar-refractivity contribution in [3.8, 4) is 0 Å². The van der Waals surface area contributed by atoms with Gasteiger partial charge in [-0.3, -0.25) is 28.8 Å². The summed E-state index contributed by atoms with van der Waals surface area (Å²) in [5.74, 6) is -5.49. The lowest BCUT2D eigenvalue weighted by atomic mass is 9.73. The molecule has 22 nitrogen and oxygen atoms in total. The Kier molecular flexibility index (Phi) is 28.4. The van der Waals surface area contributed by atoms with Gasteiger partial charge in [-0.2, -0.15) is 0 Å². The van der Waals surface area contributed by atoms with Gasteiger partial charge in [-0.25, -0.2) is 19.2 Å². The second-order valence-corrected chi connectivity index (χ2v) is 24.1. The van der Waals surface area contributed by atoms with Crippen LogP contribution in [0.4, 0.5) is 9.59 Å². The molecule has 0 aromatic heterocycles. The number of amides is 6. The number of carbonyl (C=O) groups excluding carboxylic acids is 8. The third-order valence-electron chi connectivity index (χ3n) is 15.4. The van der Waals surface area contributed by atoms with E-state index in [1.54, 1.807) is 37.5 Å². The van der Waals surface area contributed by atoms with Gasteiger partial charge in [0.25, 0.3) is 11.2 Å². The number of nitrogens with zero attached hydrogens (tertiary/aromatic N) is 6. The summed E-state index contributed by atoms with van der Waals surface area (Å²) in [5.41, 5.74) is -8.68. The summed E-state index contributed by atoms with van der Waals surface area (Å²) in [6.45, 7) is 15.3. The number of ketones is 2. The predicted molar refractivity (Wildman–Crippen MR) is 313 cm³/mol. The molecule has 6 amide bonds. The highest BCUT2D eigenvalue weighted by molar-refractivity contribution is 8.13. The topological polar surface area (TPSA) is 295 Å². The van der Waals surface area contributed by atoms with Crippen molar-refractivity contribution in [3.63, 3.8) is 0 Å². The number of carbonyl (C=O) groups is 10. The van der Waals surface area contributed by atoms with Crippen molar-refractivity contribution in [2.75, 3.05) is 104 Å². The third-order valence-corrected chi connectivity index (χ3v) is 17.0. The number of aliphatic hydroxyl groups is 2. The molecular weight excluding hydrogens is 1100 g/mol. The summed E-state index contributed by atoms with van der Waals surface area (Å²) in [6, 6.07) is 11.4. The zero-order valence-electron chi connectivity index (χ0n) is 48.4. The average molecular weight is 1180 g/mol. The fourth-order valence-corrected chi connectivity index (χ4v) is 11.4. The molecule has 2 aliphatic heterocycles. The lowest BCUT2D eigenvalue weighted by Crippen LogP contribution is -2.71. The number of carboxylic acid groups (broad SMARTS) is 2. The van der Waals surface area contributed by atoms with Gasteiger partial charge in [-0.05, 0) is 52.6 Å². The molecule has 6 N–H and O–H groups in total. The van der Waals surface area contributed by atoms with Crippen LogP contribution >= 0.6 is 23.5 Å². The molecule has 2 saturated carbocycles. The second kappa shape index (κ2) is 34.0. The molecule has 0 bridgehead atoms. The van der Waals surface area contributed by atoms with Crippen LogP contribution in [0.5, 0.6) is 0 Å². The normalized spacial score (nSPS) is 18.1. The molecule has 2 aliphatic carbocycles. The fraction of sp³-hybridized carbons (Fsp3) is 0.621. The maximum absolute atomic E-state index is 12.8. The number of hydrogen-bond acceptors (Lipinski definition) is 16. The van der Waals surface area contributed by atoms with Crippen molar-refractivity contribution in [1.29, 1.82) is 0 Å². The van der Waals surface area contributed by atoms with E-state index < -0.39 is 57.9 Å². The first kappa shape index (κ1) is 68.6. The van der Waals surface area contributed by atoms with Crippen LogP contribution in [0.15, 0.2) is 60.7 Å². The van der Waals surface area contributed by atoms with Crippen LogP contribution in [0, 0.1) is 11.8 Å². The summed E-state index contributed by atoms with van der Waals surface area (Å²) >= 11 is 2.49. The minimum atomic E-state index is -3.95. The molecule has 454 valence electrons. The van der Waals surface area contributed by atoms with E-state index >= 15 is 0 Å². The van der Waals surface area contributed by atoms with Gasteiger partial charge in [0, 0.05) is 115 Å². The SMILES string of the molecule is CC(=O)SCCN(CCC1CCCC1)C(=O)N[C@@H](C)C(=O)N1CCN(C)CC1.CC(=O)SCCN(CCC1CCCC1)C(=O)N[C@@H](C)C(=O)N1CCN(C)CC1.O=C(O)C(O)(C(=O)c1ccccc1)C(O)(C(=O)O)C(=O)c1ccccc1. The highest BCUT2D eigenvalue weighted by Gasteiger charge is 2.70. The first-order chi connectivity index (χ1) is 38.9. The lowest BCUT2D eigenvalue weighted by Gasteiger charge is -2.34. The fourth-order valence-electron chi connectivity index (χ4n) is 10.2. The average Bonchev–Trinajstić information content (AvgIpc) is 4.27. The number of likely N-dealkylation sites (N-methyl/N-ethyl adjacent to an activating group) is 2. The summed E-state index contributed by atoms with van der Waals surface area (Å²) in [6.07, 6.45) is 12.1. The maximum atomic E-state index is 12.8. The summed E-state index contributed by atoms with van der Waals surface area (Å²) in [5, 5.41) is 45.8. The number of Topliss-reactive ketones (excluding diaryl/α,β-unsaturated/α-hetero) is 2. The molecular formula is C58H86N8O14S2. The standard InChI is InChI=1S/2C20H36N4O3S.C18H14O8/c2*1-16(19(26)23-12-10-22(3)11-13-23)21-20(27)24(14-15-28-17(2)25)9-8-18-6-4-5-7-18;19-13(11-7-3-1-4-8-11)17(25,15(21)22)18(26,16(23)24)14(20)12-9-5-2-6-10-12/h2*16,18H,4-15H2,1-3H3,(H,21,27);1-10,25-26H,(H,21,22)(H,23,24)/t2*16-;/m00./s1. The third kappa shape index (κ3) is 20.5. The van der Waals surface area contributed by atoms with Crippen molar-refractivity contribution in [1.82, 2.24) is 40.0 Å². The summed E-state index contributed by atoms with van der Waals surface area (Å²) in [7, 11) is 4.10. The van der Waals surface area contributed by atoms with E-state index in [1.165, 1.54) is 111 Å². The van der Waals surface area contributed by atoms with Crippen LogP contribution in [-0.4, -0.2) is 235 Å². The quantitative estimate of drug-likeness (QED) is 0.0663. The Labute approximate surface area is 490 Å². The molecule has 24 heteroatoms. The molecule has 2 aromatic rings. The largest absolute Gasteiger partial charge is 0.479 e. The van der Waals surface area contributed by atoms with Crippen LogP contribution in [0.3, 0.4) is 0 Å². The first-order valence-corrected chi connectivity index (χ1v) is 30.3. The summed E-state index contributed by atoms with van der Waals surface area (Å²) < 4.78 is 0. The molecule has 2 saturated heterocycles. The van der Waals surface area contributed by atoms with Crippen LogP contribution in [-0.2, 0) is 28.8 Å². The predicted octanol–water partition coefficient (Wildman–Crippen LogP) is 4.42. The molecule has 4 atom stereocenters. The minimum Gasteiger partial charge on any atom is -0.479 e. The van der Waals surface area contributed by atoms with Gasteiger partial charge >= 0.3 is 24.0 Å². The molecule has 4 fully saturated rings. The molecule has 2 unspecified atom stereocenters.